The van der Waals surface area contributed by atoms with Gasteiger partial charge in [-0.1, -0.05) is 25.8 Å². The fraction of sp³-hybridized carbons (Fsp3) is 0.800. The number of hydrogen-bond donors (Lipinski definition) is 1. The van der Waals surface area contributed by atoms with Crippen molar-refractivity contribution >= 4 is 0 Å². The van der Waals surface area contributed by atoms with Crippen LogP contribution in [0.25, 0.3) is 0 Å². The molecule has 0 unspecified atom stereocenters. The molecule has 1 atom stereocenters. The van der Waals surface area contributed by atoms with Crippen LogP contribution in [0.5, 0.6) is 0 Å². The highest BCUT2D eigenvalue weighted by Gasteiger charge is 2.40. The predicted octanol–water partition coefficient (Wildman–Crippen LogP) is 2.75. The molecular formula is C10H16F2O. The zero-order valence-electron chi connectivity index (χ0n) is 7.68. The van der Waals surface area contributed by atoms with E-state index >= 15 is 0 Å². The smallest absolute Gasteiger partial charge is 0.291 e. The van der Waals surface area contributed by atoms with E-state index in [9.17, 15) is 13.9 Å². The summed E-state index contributed by atoms with van der Waals surface area (Å²) in [6.45, 7) is 3.04. The first-order valence-corrected chi connectivity index (χ1v) is 4.77. The van der Waals surface area contributed by atoms with Crippen molar-refractivity contribution < 1.29 is 13.9 Å². The van der Waals surface area contributed by atoms with Gasteiger partial charge in [-0.25, -0.2) is 0 Å². The van der Waals surface area contributed by atoms with Crippen molar-refractivity contribution in [3.8, 4) is 0 Å². The molecule has 0 aromatic carbocycles. The number of hydrogen-bond acceptors (Lipinski definition) is 1. The molecule has 0 bridgehead atoms. The largest absolute Gasteiger partial charge is 0.386 e. The van der Waals surface area contributed by atoms with Gasteiger partial charge in [0.25, 0.3) is 5.92 Å². The summed E-state index contributed by atoms with van der Waals surface area (Å²) in [6.07, 6.45) is 3.44. The Morgan fingerprint density at radius 1 is 1.31 bits per heavy atom. The molecule has 0 aliphatic heterocycles. The van der Waals surface area contributed by atoms with Crippen molar-refractivity contribution in [1.82, 2.24) is 0 Å². The van der Waals surface area contributed by atoms with Crippen molar-refractivity contribution in [2.75, 3.05) is 0 Å². The van der Waals surface area contributed by atoms with Crippen molar-refractivity contribution in [3.63, 3.8) is 0 Å². The molecule has 1 N–H and O–H groups in total. The van der Waals surface area contributed by atoms with E-state index in [0.29, 0.717) is 18.9 Å². The molecule has 1 fully saturated rings. The summed E-state index contributed by atoms with van der Waals surface area (Å²) in [5, 5.41) is 9.38. The van der Waals surface area contributed by atoms with E-state index in [4.69, 9.17) is 0 Å². The molecule has 1 rings (SSSR count). The molecular weight excluding hydrogens is 174 g/mol. The van der Waals surface area contributed by atoms with Crippen molar-refractivity contribution in [1.29, 1.82) is 0 Å². The minimum absolute atomic E-state index is 0.248. The molecule has 0 heterocycles. The Bertz CT molecular complexity index is 174. The van der Waals surface area contributed by atoms with Crippen LogP contribution in [0.2, 0.25) is 0 Å². The van der Waals surface area contributed by atoms with Crippen LogP contribution >= 0.6 is 0 Å². The summed E-state index contributed by atoms with van der Waals surface area (Å²) >= 11 is 0. The van der Waals surface area contributed by atoms with E-state index in [1.165, 1.54) is 0 Å². The highest BCUT2D eigenvalue weighted by atomic mass is 19.3. The molecule has 0 aromatic rings. The zero-order valence-corrected chi connectivity index (χ0v) is 7.68. The Hall–Kier alpha value is -0.440. The standard InChI is InChI=1S/C10H16F2O/c1-2-10(11,12)9(13)8-6-4-3-5-7-8/h2,8-9,13H,1,3-7H2/t9-/m1/s1. The normalized spacial score (nSPS) is 22.7. The van der Waals surface area contributed by atoms with Crippen LogP contribution in [0, 0.1) is 5.92 Å². The lowest BCUT2D eigenvalue weighted by Gasteiger charge is -2.30. The molecule has 0 spiro atoms. The second-order valence-electron chi connectivity index (χ2n) is 3.72. The number of halogens is 2. The van der Waals surface area contributed by atoms with Crippen LogP contribution in [0.4, 0.5) is 8.78 Å². The summed E-state index contributed by atoms with van der Waals surface area (Å²) in [6, 6.07) is 0. The maximum atomic E-state index is 13.0. The minimum atomic E-state index is -3.12. The van der Waals surface area contributed by atoms with Gasteiger partial charge in [-0.2, -0.15) is 8.78 Å². The topological polar surface area (TPSA) is 20.2 Å². The van der Waals surface area contributed by atoms with Crippen LogP contribution in [-0.4, -0.2) is 17.1 Å². The van der Waals surface area contributed by atoms with Gasteiger partial charge in [-0.15, -0.1) is 0 Å². The quantitative estimate of drug-likeness (QED) is 0.678. The Kier molecular flexibility index (Phi) is 3.42. The van der Waals surface area contributed by atoms with E-state index in [0.717, 1.165) is 19.3 Å². The summed E-state index contributed by atoms with van der Waals surface area (Å²) in [5.74, 6) is -3.37. The summed E-state index contributed by atoms with van der Waals surface area (Å²) in [5.41, 5.74) is 0. The third-order valence-electron chi connectivity index (χ3n) is 2.76. The lowest BCUT2D eigenvalue weighted by atomic mass is 9.83. The maximum absolute atomic E-state index is 13.0. The maximum Gasteiger partial charge on any atom is 0.291 e. The molecule has 0 aromatic heterocycles. The van der Waals surface area contributed by atoms with Crippen LogP contribution in [0.15, 0.2) is 12.7 Å². The molecule has 0 amide bonds. The van der Waals surface area contributed by atoms with Crippen LogP contribution in [0.1, 0.15) is 32.1 Å². The highest BCUT2D eigenvalue weighted by molar-refractivity contribution is 4.96. The molecule has 1 aliphatic rings. The Morgan fingerprint density at radius 2 is 1.85 bits per heavy atom. The van der Waals surface area contributed by atoms with Crippen molar-refractivity contribution in [3.05, 3.63) is 12.7 Å². The van der Waals surface area contributed by atoms with Gasteiger partial charge in [-0.05, 0) is 24.8 Å². The Balaban J connectivity index is 2.54. The molecule has 76 valence electrons. The first-order valence-electron chi connectivity index (χ1n) is 4.77. The summed E-state index contributed by atoms with van der Waals surface area (Å²) in [7, 11) is 0. The monoisotopic (exact) mass is 190 g/mol. The number of alkyl halides is 2. The zero-order chi connectivity index (χ0) is 9.90. The van der Waals surface area contributed by atoms with Crippen LogP contribution in [0.3, 0.4) is 0 Å². The average molecular weight is 190 g/mol. The second-order valence-corrected chi connectivity index (χ2v) is 3.72. The van der Waals surface area contributed by atoms with Gasteiger partial charge in [0.2, 0.25) is 0 Å². The molecule has 1 saturated carbocycles. The fourth-order valence-corrected chi connectivity index (χ4v) is 1.88. The Morgan fingerprint density at radius 3 is 2.31 bits per heavy atom. The van der Waals surface area contributed by atoms with Gasteiger partial charge in [0, 0.05) is 0 Å². The van der Waals surface area contributed by atoms with Crippen LogP contribution < -0.4 is 0 Å². The van der Waals surface area contributed by atoms with Crippen molar-refractivity contribution in [2.24, 2.45) is 5.92 Å². The molecule has 0 radical (unpaired) electrons. The molecule has 0 saturated heterocycles. The van der Waals surface area contributed by atoms with Crippen molar-refractivity contribution in [2.45, 2.75) is 44.1 Å². The van der Waals surface area contributed by atoms with Crippen LogP contribution in [-0.2, 0) is 0 Å². The lowest BCUT2D eigenvalue weighted by molar-refractivity contribution is -0.102. The number of aliphatic hydroxyl groups is 1. The first-order chi connectivity index (χ1) is 6.08. The number of rotatable bonds is 3. The van der Waals surface area contributed by atoms with Gasteiger partial charge in [0.15, 0.2) is 0 Å². The average Bonchev–Trinajstić information content (AvgIpc) is 2.18. The summed E-state index contributed by atoms with van der Waals surface area (Å²) < 4.78 is 25.9. The SMILES string of the molecule is C=CC(F)(F)[C@H](O)C1CCCCC1. The lowest BCUT2D eigenvalue weighted by Crippen LogP contribution is -2.38. The second kappa shape index (κ2) is 4.18. The van der Waals surface area contributed by atoms with E-state index < -0.39 is 12.0 Å². The van der Waals surface area contributed by atoms with Gasteiger partial charge in [-0.3, -0.25) is 0 Å². The number of aliphatic hydroxyl groups excluding tert-OH is 1. The van der Waals surface area contributed by atoms with Gasteiger partial charge in [0.05, 0.1) is 0 Å². The van der Waals surface area contributed by atoms with Gasteiger partial charge < -0.3 is 5.11 Å². The van der Waals surface area contributed by atoms with E-state index in [1.54, 1.807) is 0 Å². The molecule has 1 aliphatic carbocycles. The first kappa shape index (κ1) is 10.6. The third kappa shape index (κ3) is 2.50. The highest BCUT2D eigenvalue weighted by Crippen LogP contribution is 2.34. The summed E-state index contributed by atoms with van der Waals surface area (Å²) in [4.78, 5) is 0. The molecule has 1 nitrogen and oxygen atoms in total. The van der Waals surface area contributed by atoms with E-state index in [1.807, 2.05) is 0 Å². The van der Waals surface area contributed by atoms with E-state index in [-0.39, 0.29) is 5.92 Å². The third-order valence-corrected chi connectivity index (χ3v) is 2.76. The molecule has 3 heteroatoms. The minimum Gasteiger partial charge on any atom is -0.386 e. The predicted molar refractivity (Wildman–Crippen MR) is 47.7 cm³/mol. The molecule has 13 heavy (non-hydrogen) atoms. The van der Waals surface area contributed by atoms with E-state index in [2.05, 4.69) is 6.58 Å². The Labute approximate surface area is 77.5 Å². The fourth-order valence-electron chi connectivity index (χ4n) is 1.88. The van der Waals surface area contributed by atoms with Gasteiger partial charge in [0.1, 0.15) is 6.10 Å². The van der Waals surface area contributed by atoms with Gasteiger partial charge >= 0.3 is 0 Å².